The van der Waals surface area contributed by atoms with Crippen LogP contribution in [0.15, 0.2) is 18.5 Å². The minimum Gasteiger partial charge on any atom is -0.396 e. The number of aromatic nitrogens is 4. The Morgan fingerprint density at radius 2 is 2.14 bits per heavy atom. The average Bonchev–Trinajstić information content (AvgIpc) is 3.18. The van der Waals surface area contributed by atoms with E-state index in [-0.39, 0.29) is 23.8 Å². The normalized spacial score (nSPS) is 25.4. The SMILES string of the molecule is CC[C@@H]1C[C@H](NS(=O)(=O)C2CC2)C[C@@H]1c1nc(CCO)c2cnc3[nH]ccc3n12. The van der Waals surface area contributed by atoms with Crippen LogP contribution in [-0.4, -0.2) is 50.8 Å². The van der Waals surface area contributed by atoms with Gasteiger partial charge in [0.05, 0.1) is 28.2 Å². The molecule has 29 heavy (non-hydrogen) atoms. The summed E-state index contributed by atoms with van der Waals surface area (Å²) in [6, 6.07) is 1.94. The average molecular weight is 418 g/mol. The smallest absolute Gasteiger partial charge is 0.214 e. The highest BCUT2D eigenvalue weighted by atomic mass is 32.2. The van der Waals surface area contributed by atoms with E-state index in [1.807, 2.05) is 18.5 Å². The van der Waals surface area contributed by atoms with Gasteiger partial charge in [0.2, 0.25) is 10.0 Å². The lowest BCUT2D eigenvalue weighted by molar-refractivity contribution is 0.298. The van der Waals surface area contributed by atoms with Crippen molar-refractivity contribution in [1.29, 1.82) is 0 Å². The highest BCUT2D eigenvalue weighted by molar-refractivity contribution is 7.90. The van der Waals surface area contributed by atoms with Crippen molar-refractivity contribution in [3.63, 3.8) is 0 Å². The van der Waals surface area contributed by atoms with Gasteiger partial charge in [-0.2, -0.15) is 0 Å². The molecule has 0 aromatic carbocycles. The third-order valence-corrected chi connectivity index (χ3v) is 8.48. The summed E-state index contributed by atoms with van der Waals surface area (Å²) < 4.78 is 30.0. The summed E-state index contributed by atoms with van der Waals surface area (Å²) in [6.45, 7) is 2.19. The van der Waals surface area contributed by atoms with Gasteiger partial charge < -0.3 is 10.1 Å². The van der Waals surface area contributed by atoms with Crippen molar-refractivity contribution in [2.45, 2.75) is 62.7 Å². The number of nitrogens with one attached hydrogen (secondary N) is 2. The van der Waals surface area contributed by atoms with Crippen LogP contribution in [-0.2, 0) is 16.4 Å². The molecule has 0 radical (unpaired) electrons. The molecule has 0 unspecified atom stereocenters. The number of aliphatic hydroxyl groups is 1. The zero-order valence-electron chi connectivity index (χ0n) is 16.5. The van der Waals surface area contributed by atoms with Gasteiger partial charge in [-0.25, -0.2) is 23.1 Å². The number of hydrogen-bond acceptors (Lipinski definition) is 5. The molecule has 0 aliphatic heterocycles. The van der Waals surface area contributed by atoms with Gasteiger partial charge in [0.1, 0.15) is 5.82 Å². The Morgan fingerprint density at radius 3 is 2.86 bits per heavy atom. The third-order valence-electron chi connectivity index (χ3n) is 6.47. The summed E-state index contributed by atoms with van der Waals surface area (Å²) in [4.78, 5) is 12.6. The van der Waals surface area contributed by atoms with Crippen LogP contribution < -0.4 is 4.72 Å². The zero-order chi connectivity index (χ0) is 20.2. The standard InChI is InChI=1S/C20H27N5O3S/c1-2-12-9-13(24-29(27,28)14-3-4-14)10-15(12)20-23-16(6-8-26)18-11-22-19-17(25(18)20)5-7-21-19/h5,7,11-15,21,24,26H,2-4,6,8-10H2,1H3/t12-,13+,15+/m1/s1. The van der Waals surface area contributed by atoms with Crippen molar-refractivity contribution in [1.82, 2.24) is 24.1 Å². The van der Waals surface area contributed by atoms with Gasteiger partial charge in [-0.15, -0.1) is 0 Å². The van der Waals surface area contributed by atoms with E-state index in [0.717, 1.165) is 60.3 Å². The summed E-state index contributed by atoms with van der Waals surface area (Å²) in [5, 5.41) is 9.30. The first kappa shape index (κ1) is 19.0. The molecule has 2 fully saturated rings. The lowest BCUT2D eigenvalue weighted by Gasteiger charge is -2.17. The van der Waals surface area contributed by atoms with Gasteiger partial charge >= 0.3 is 0 Å². The van der Waals surface area contributed by atoms with E-state index in [4.69, 9.17) is 4.98 Å². The van der Waals surface area contributed by atoms with Crippen molar-refractivity contribution in [3.8, 4) is 0 Å². The molecule has 3 N–H and O–H groups in total. The first-order chi connectivity index (χ1) is 14.0. The molecule has 0 spiro atoms. The molecule has 3 aromatic heterocycles. The topological polar surface area (TPSA) is 112 Å². The molecule has 9 heteroatoms. The van der Waals surface area contributed by atoms with Crippen molar-refractivity contribution in [2.24, 2.45) is 5.92 Å². The summed E-state index contributed by atoms with van der Waals surface area (Å²) in [5.41, 5.74) is 3.52. The molecule has 156 valence electrons. The Kier molecular flexibility index (Phi) is 4.64. The van der Waals surface area contributed by atoms with E-state index >= 15 is 0 Å². The summed E-state index contributed by atoms with van der Waals surface area (Å²) >= 11 is 0. The Balaban J connectivity index is 1.55. The maximum Gasteiger partial charge on any atom is 0.214 e. The Morgan fingerprint density at radius 1 is 1.31 bits per heavy atom. The molecule has 0 bridgehead atoms. The molecule has 5 rings (SSSR count). The maximum atomic E-state index is 12.5. The van der Waals surface area contributed by atoms with Gasteiger partial charge in [0, 0.05) is 31.2 Å². The number of hydrogen-bond donors (Lipinski definition) is 3. The van der Waals surface area contributed by atoms with Crippen LogP contribution in [0.2, 0.25) is 0 Å². The van der Waals surface area contributed by atoms with E-state index in [1.54, 1.807) is 0 Å². The zero-order valence-corrected chi connectivity index (χ0v) is 17.3. The minimum absolute atomic E-state index is 0.0307. The lowest BCUT2D eigenvalue weighted by Crippen LogP contribution is -2.35. The Hall–Kier alpha value is -1.97. The van der Waals surface area contributed by atoms with Crippen molar-refractivity contribution in [3.05, 3.63) is 30.0 Å². The molecule has 3 atom stereocenters. The predicted octanol–water partition coefficient (Wildman–Crippen LogP) is 2.10. The number of rotatable bonds is 7. The van der Waals surface area contributed by atoms with Crippen molar-refractivity contribution in [2.75, 3.05) is 6.61 Å². The first-order valence-corrected chi connectivity index (χ1v) is 12.0. The number of aliphatic hydroxyl groups excluding tert-OH is 1. The van der Waals surface area contributed by atoms with Gasteiger partial charge in [-0.3, -0.25) is 4.40 Å². The number of aromatic amines is 1. The van der Waals surface area contributed by atoms with Crippen LogP contribution in [0, 0.1) is 5.92 Å². The fraction of sp³-hybridized carbons (Fsp3) is 0.600. The van der Waals surface area contributed by atoms with Crippen molar-refractivity contribution >= 4 is 26.7 Å². The molecule has 0 saturated heterocycles. The summed E-state index contributed by atoms with van der Waals surface area (Å²) in [5.74, 6) is 1.47. The van der Waals surface area contributed by atoms with Gasteiger partial charge in [0.25, 0.3) is 0 Å². The van der Waals surface area contributed by atoms with Crippen molar-refractivity contribution < 1.29 is 13.5 Å². The maximum absolute atomic E-state index is 12.5. The van der Waals surface area contributed by atoms with Gasteiger partial charge in [-0.05, 0) is 37.7 Å². The number of fused-ring (bicyclic) bond motifs is 3. The largest absolute Gasteiger partial charge is 0.396 e. The quantitative estimate of drug-likeness (QED) is 0.545. The summed E-state index contributed by atoms with van der Waals surface area (Å²) in [6.07, 6.45) is 8.25. The molecular weight excluding hydrogens is 390 g/mol. The third kappa shape index (κ3) is 3.25. The van der Waals surface area contributed by atoms with E-state index in [0.29, 0.717) is 12.3 Å². The summed E-state index contributed by atoms with van der Waals surface area (Å²) in [7, 11) is -3.20. The number of imidazole rings is 1. The molecular formula is C20H27N5O3S. The second-order valence-corrected chi connectivity index (χ2v) is 10.4. The second kappa shape index (κ2) is 7.07. The van der Waals surface area contributed by atoms with Crippen LogP contribution in [0.3, 0.4) is 0 Å². The number of H-pyrrole nitrogens is 1. The fourth-order valence-electron chi connectivity index (χ4n) is 4.88. The van der Waals surface area contributed by atoms with Crippen LogP contribution in [0.5, 0.6) is 0 Å². The van der Waals surface area contributed by atoms with Gasteiger partial charge in [-0.1, -0.05) is 13.3 Å². The molecule has 2 aliphatic carbocycles. The lowest BCUT2D eigenvalue weighted by atomic mass is 9.93. The first-order valence-electron chi connectivity index (χ1n) is 10.5. The van der Waals surface area contributed by atoms with E-state index in [2.05, 4.69) is 26.0 Å². The fourth-order valence-corrected chi connectivity index (χ4v) is 6.49. The van der Waals surface area contributed by atoms with E-state index in [9.17, 15) is 13.5 Å². The van der Waals surface area contributed by atoms with Crippen LogP contribution >= 0.6 is 0 Å². The highest BCUT2D eigenvalue weighted by Gasteiger charge is 2.42. The molecule has 8 nitrogen and oxygen atoms in total. The minimum atomic E-state index is -3.20. The number of sulfonamides is 1. The van der Waals surface area contributed by atoms with Gasteiger partial charge in [0.15, 0.2) is 5.65 Å². The number of nitrogens with zero attached hydrogens (tertiary/aromatic N) is 3. The molecule has 3 heterocycles. The predicted molar refractivity (Wildman–Crippen MR) is 110 cm³/mol. The van der Waals surface area contributed by atoms with Crippen LogP contribution in [0.25, 0.3) is 16.7 Å². The van der Waals surface area contributed by atoms with Crippen LogP contribution in [0.4, 0.5) is 0 Å². The molecule has 2 aliphatic rings. The Bertz CT molecular complexity index is 1150. The second-order valence-electron chi connectivity index (χ2n) is 8.39. The Labute approximate surface area is 169 Å². The molecule has 2 saturated carbocycles. The molecule has 0 amide bonds. The highest BCUT2D eigenvalue weighted by Crippen LogP contribution is 2.43. The monoisotopic (exact) mass is 417 g/mol. The molecule has 3 aromatic rings. The van der Waals surface area contributed by atoms with E-state index in [1.165, 1.54) is 0 Å². The van der Waals surface area contributed by atoms with Crippen LogP contribution in [0.1, 0.15) is 56.5 Å². The van der Waals surface area contributed by atoms with E-state index < -0.39 is 10.0 Å².